The molecule has 0 saturated carbocycles. The normalized spacial score (nSPS) is 10.6. The molecular weight excluding hydrogens is 403 g/mol. The molecule has 2 aromatic rings. The highest BCUT2D eigenvalue weighted by Gasteiger charge is 1.98. The van der Waals surface area contributed by atoms with Crippen LogP contribution in [0.5, 0.6) is 5.75 Å². The van der Waals surface area contributed by atoms with Gasteiger partial charge in [-0.1, -0.05) is 24.3 Å². The highest BCUT2D eigenvalue weighted by atomic mass is 127. The van der Waals surface area contributed by atoms with Gasteiger partial charge in [0, 0.05) is 31.9 Å². The Morgan fingerprint density at radius 2 is 1.78 bits per heavy atom. The maximum absolute atomic E-state index is 5.62. The first-order valence-corrected chi connectivity index (χ1v) is 7.41. The van der Waals surface area contributed by atoms with E-state index < -0.39 is 0 Å². The van der Waals surface area contributed by atoms with Crippen molar-refractivity contribution in [2.75, 3.05) is 26.7 Å². The van der Waals surface area contributed by atoms with Gasteiger partial charge in [-0.3, -0.25) is 9.98 Å². The van der Waals surface area contributed by atoms with Crippen molar-refractivity contribution >= 4 is 29.9 Å². The molecule has 0 bridgehead atoms. The van der Waals surface area contributed by atoms with Crippen LogP contribution in [-0.4, -0.2) is 37.7 Å². The summed E-state index contributed by atoms with van der Waals surface area (Å²) in [6.45, 7) is 2.07. The predicted octanol–water partition coefficient (Wildman–Crippen LogP) is 2.49. The number of nitrogens with one attached hydrogen (secondary N) is 2. The molecule has 2 N–H and O–H groups in total. The molecule has 6 heteroatoms. The average molecular weight is 426 g/mol. The van der Waals surface area contributed by atoms with E-state index in [0.29, 0.717) is 13.2 Å². The van der Waals surface area contributed by atoms with E-state index in [-0.39, 0.29) is 24.0 Å². The molecule has 0 spiro atoms. The van der Waals surface area contributed by atoms with Crippen LogP contribution in [0.15, 0.2) is 59.7 Å². The minimum Gasteiger partial charge on any atom is -0.492 e. The zero-order valence-corrected chi connectivity index (χ0v) is 15.6. The standard InChI is InChI=1S/C17H22N4O.HI/c1-18-17(20-12-10-15-7-5-6-11-19-15)21-13-14-22-16-8-3-2-4-9-16;/h2-9,11H,10,12-14H2,1H3,(H2,18,20,21);1H. The van der Waals surface area contributed by atoms with Crippen molar-refractivity contribution in [3.63, 3.8) is 0 Å². The summed E-state index contributed by atoms with van der Waals surface area (Å²) in [7, 11) is 1.76. The number of para-hydroxylation sites is 1. The number of ether oxygens (including phenoxy) is 1. The lowest BCUT2D eigenvalue weighted by atomic mass is 10.3. The van der Waals surface area contributed by atoms with Gasteiger partial charge in [0.2, 0.25) is 0 Å². The Labute approximate surface area is 154 Å². The van der Waals surface area contributed by atoms with Gasteiger partial charge in [-0.05, 0) is 24.3 Å². The summed E-state index contributed by atoms with van der Waals surface area (Å²) in [6, 6.07) is 15.7. The van der Waals surface area contributed by atoms with Crippen LogP contribution < -0.4 is 15.4 Å². The number of rotatable bonds is 7. The highest BCUT2D eigenvalue weighted by Crippen LogP contribution is 2.07. The maximum atomic E-state index is 5.62. The second-order valence-corrected chi connectivity index (χ2v) is 4.66. The number of aromatic nitrogens is 1. The Balaban J connectivity index is 0.00000264. The van der Waals surface area contributed by atoms with E-state index in [4.69, 9.17) is 4.74 Å². The topological polar surface area (TPSA) is 58.5 Å². The molecule has 1 heterocycles. The van der Waals surface area contributed by atoms with Crippen molar-refractivity contribution in [2.24, 2.45) is 4.99 Å². The molecule has 2 rings (SSSR count). The van der Waals surface area contributed by atoms with Crippen molar-refractivity contribution in [3.05, 3.63) is 60.4 Å². The van der Waals surface area contributed by atoms with Crippen molar-refractivity contribution < 1.29 is 4.74 Å². The summed E-state index contributed by atoms with van der Waals surface area (Å²) in [5, 5.41) is 6.48. The van der Waals surface area contributed by atoms with Crippen molar-refractivity contribution in [1.82, 2.24) is 15.6 Å². The Morgan fingerprint density at radius 1 is 1.04 bits per heavy atom. The fourth-order valence-electron chi connectivity index (χ4n) is 1.93. The number of hydrogen-bond donors (Lipinski definition) is 2. The molecule has 1 aromatic carbocycles. The summed E-state index contributed by atoms with van der Waals surface area (Å²) in [5.74, 6) is 1.65. The fourth-order valence-corrected chi connectivity index (χ4v) is 1.93. The van der Waals surface area contributed by atoms with Gasteiger partial charge in [-0.25, -0.2) is 0 Å². The minimum absolute atomic E-state index is 0. The van der Waals surface area contributed by atoms with Crippen LogP contribution >= 0.6 is 24.0 Å². The SMILES string of the molecule is CN=C(NCCOc1ccccc1)NCCc1ccccn1.I. The molecule has 0 unspecified atom stereocenters. The zero-order chi connectivity index (χ0) is 15.5. The van der Waals surface area contributed by atoms with Gasteiger partial charge in [0.15, 0.2) is 5.96 Å². The van der Waals surface area contributed by atoms with Gasteiger partial charge in [-0.15, -0.1) is 24.0 Å². The monoisotopic (exact) mass is 426 g/mol. The van der Waals surface area contributed by atoms with Gasteiger partial charge >= 0.3 is 0 Å². The van der Waals surface area contributed by atoms with Crippen LogP contribution in [0.1, 0.15) is 5.69 Å². The molecular formula is C17H23IN4O. The van der Waals surface area contributed by atoms with E-state index in [0.717, 1.165) is 30.4 Å². The predicted molar refractivity (Wildman–Crippen MR) is 105 cm³/mol. The Hall–Kier alpha value is -1.83. The van der Waals surface area contributed by atoms with Crippen molar-refractivity contribution in [1.29, 1.82) is 0 Å². The van der Waals surface area contributed by atoms with Gasteiger partial charge in [0.1, 0.15) is 12.4 Å². The first-order chi connectivity index (χ1) is 10.9. The molecule has 5 nitrogen and oxygen atoms in total. The molecule has 0 atom stereocenters. The van der Waals surface area contributed by atoms with E-state index >= 15 is 0 Å². The summed E-state index contributed by atoms with van der Waals surface area (Å²) in [5.41, 5.74) is 1.07. The van der Waals surface area contributed by atoms with Crippen LogP contribution in [0.25, 0.3) is 0 Å². The number of aliphatic imine (C=N–C) groups is 1. The fraction of sp³-hybridized carbons (Fsp3) is 0.294. The highest BCUT2D eigenvalue weighted by molar-refractivity contribution is 14.0. The molecule has 0 radical (unpaired) electrons. The molecule has 0 aliphatic rings. The molecule has 1 aromatic heterocycles. The lowest BCUT2D eigenvalue weighted by Gasteiger charge is -2.12. The van der Waals surface area contributed by atoms with E-state index in [1.54, 1.807) is 7.05 Å². The van der Waals surface area contributed by atoms with Crippen LogP contribution in [0.2, 0.25) is 0 Å². The number of guanidine groups is 1. The molecule has 0 saturated heterocycles. The number of benzene rings is 1. The third kappa shape index (κ3) is 7.83. The number of halogens is 1. The molecule has 124 valence electrons. The third-order valence-electron chi connectivity index (χ3n) is 3.03. The molecule has 0 amide bonds. The summed E-state index contributed by atoms with van der Waals surface area (Å²) >= 11 is 0. The molecule has 23 heavy (non-hydrogen) atoms. The van der Waals surface area contributed by atoms with Crippen LogP contribution in [-0.2, 0) is 6.42 Å². The summed E-state index contributed by atoms with van der Waals surface area (Å²) in [6.07, 6.45) is 2.67. The average Bonchev–Trinajstić information content (AvgIpc) is 2.59. The molecule has 0 fully saturated rings. The van der Waals surface area contributed by atoms with Gasteiger partial charge in [0.05, 0.1) is 6.54 Å². The third-order valence-corrected chi connectivity index (χ3v) is 3.03. The van der Waals surface area contributed by atoms with E-state index in [2.05, 4.69) is 20.6 Å². The Kier molecular flexibility index (Phi) is 9.78. The number of nitrogens with zero attached hydrogens (tertiary/aromatic N) is 2. The van der Waals surface area contributed by atoms with Crippen molar-refractivity contribution in [2.45, 2.75) is 6.42 Å². The van der Waals surface area contributed by atoms with Gasteiger partial charge in [0.25, 0.3) is 0 Å². The van der Waals surface area contributed by atoms with Crippen molar-refractivity contribution in [3.8, 4) is 5.75 Å². The lowest BCUT2D eigenvalue weighted by Crippen LogP contribution is -2.40. The second kappa shape index (κ2) is 11.7. The lowest BCUT2D eigenvalue weighted by molar-refractivity contribution is 0.322. The first kappa shape index (κ1) is 19.2. The van der Waals surface area contributed by atoms with E-state index in [9.17, 15) is 0 Å². The van der Waals surface area contributed by atoms with E-state index in [1.165, 1.54) is 0 Å². The summed E-state index contributed by atoms with van der Waals surface area (Å²) < 4.78 is 5.62. The molecule has 0 aliphatic heterocycles. The molecule has 0 aliphatic carbocycles. The van der Waals surface area contributed by atoms with Crippen LogP contribution in [0, 0.1) is 0 Å². The Bertz CT molecular complexity index is 563. The van der Waals surface area contributed by atoms with E-state index in [1.807, 2.05) is 54.7 Å². The largest absolute Gasteiger partial charge is 0.492 e. The number of hydrogen-bond acceptors (Lipinski definition) is 3. The maximum Gasteiger partial charge on any atom is 0.191 e. The van der Waals surface area contributed by atoms with Crippen LogP contribution in [0.4, 0.5) is 0 Å². The smallest absolute Gasteiger partial charge is 0.191 e. The zero-order valence-electron chi connectivity index (χ0n) is 13.2. The quantitative estimate of drug-likeness (QED) is 0.309. The van der Waals surface area contributed by atoms with Gasteiger partial charge < -0.3 is 15.4 Å². The first-order valence-electron chi connectivity index (χ1n) is 7.41. The van der Waals surface area contributed by atoms with Gasteiger partial charge in [-0.2, -0.15) is 0 Å². The number of pyridine rings is 1. The van der Waals surface area contributed by atoms with Crippen LogP contribution in [0.3, 0.4) is 0 Å². The second-order valence-electron chi connectivity index (χ2n) is 4.66. The minimum atomic E-state index is 0. The Morgan fingerprint density at radius 3 is 2.48 bits per heavy atom. The summed E-state index contributed by atoms with van der Waals surface area (Å²) in [4.78, 5) is 8.47.